The molecule has 6 heteroatoms. The monoisotopic (exact) mass is 387 g/mol. The van der Waals surface area contributed by atoms with Gasteiger partial charge in [0.05, 0.1) is 5.69 Å². The third-order valence-electron chi connectivity index (χ3n) is 5.59. The predicted molar refractivity (Wildman–Crippen MR) is 115 cm³/mol. The maximum Gasteiger partial charge on any atom is 0.227 e. The van der Waals surface area contributed by atoms with Gasteiger partial charge >= 0.3 is 0 Å². The lowest BCUT2D eigenvalue weighted by Crippen LogP contribution is -2.38. The molecule has 0 spiro atoms. The average molecular weight is 387 g/mol. The third kappa shape index (κ3) is 4.42. The van der Waals surface area contributed by atoms with Gasteiger partial charge in [-0.2, -0.15) is 0 Å². The largest absolute Gasteiger partial charge is 0.355 e. The molecule has 3 aromatic rings. The van der Waals surface area contributed by atoms with Crippen molar-refractivity contribution in [2.75, 3.05) is 23.3 Å². The van der Waals surface area contributed by atoms with Crippen molar-refractivity contribution >= 4 is 17.4 Å². The summed E-state index contributed by atoms with van der Waals surface area (Å²) in [6.07, 6.45) is 5.12. The van der Waals surface area contributed by atoms with Gasteiger partial charge in [0.1, 0.15) is 0 Å². The highest BCUT2D eigenvalue weighted by Gasteiger charge is 2.26. The highest BCUT2D eigenvalue weighted by atomic mass is 16.1. The van der Waals surface area contributed by atoms with E-state index in [1.165, 1.54) is 11.1 Å². The quantitative estimate of drug-likeness (QED) is 0.732. The van der Waals surface area contributed by atoms with Gasteiger partial charge in [0, 0.05) is 42.7 Å². The standard InChI is InChI=1S/C23H25N5O/c1-16-3-4-20(15-17(16)2)25-23(29)19-9-13-28(14-10-19)22-6-5-21(26-27-22)18-7-11-24-12-8-18/h3-8,11-12,15,19H,9-10,13-14H2,1-2H3,(H,25,29). The average Bonchev–Trinajstić information content (AvgIpc) is 2.77. The molecule has 3 heterocycles. The summed E-state index contributed by atoms with van der Waals surface area (Å²) in [4.78, 5) is 18.9. The van der Waals surface area contributed by atoms with Gasteiger partial charge in [-0.05, 0) is 74.2 Å². The highest BCUT2D eigenvalue weighted by molar-refractivity contribution is 5.92. The Morgan fingerprint density at radius 3 is 2.38 bits per heavy atom. The number of piperidine rings is 1. The van der Waals surface area contributed by atoms with Crippen LogP contribution >= 0.6 is 0 Å². The summed E-state index contributed by atoms with van der Waals surface area (Å²) in [7, 11) is 0. The summed E-state index contributed by atoms with van der Waals surface area (Å²) in [6, 6.07) is 13.9. The van der Waals surface area contributed by atoms with Gasteiger partial charge < -0.3 is 10.2 Å². The molecule has 1 aliphatic rings. The Morgan fingerprint density at radius 2 is 1.72 bits per heavy atom. The second-order valence-corrected chi connectivity index (χ2v) is 7.56. The second kappa shape index (κ2) is 8.39. The molecule has 148 valence electrons. The van der Waals surface area contributed by atoms with Crippen LogP contribution in [0.5, 0.6) is 0 Å². The van der Waals surface area contributed by atoms with Crippen LogP contribution in [0, 0.1) is 19.8 Å². The van der Waals surface area contributed by atoms with Gasteiger partial charge in [0.25, 0.3) is 0 Å². The van der Waals surface area contributed by atoms with Crippen molar-refractivity contribution in [2.45, 2.75) is 26.7 Å². The van der Waals surface area contributed by atoms with E-state index in [0.29, 0.717) is 0 Å². The highest BCUT2D eigenvalue weighted by Crippen LogP contribution is 2.24. The van der Waals surface area contributed by atoms with Crippen LogP contribution in [0.4, 0.5) is 11.5 Å². The first-order valence-electron chi connectivity index (χ1n) is 9.97. The maximum atomic E-state index is 12.6. The number of carbonyl (C=O) groups excluding carboxylic acids is 1. The van der Waals surface area contributed by atoms with E-state index in [9.17, 15) is 4.79 Å². The van der Waals surface area contributed by atoms with E-state index in [0.717, 1.165) is 48.7 Å². The van der Waals surface area contributed by atoms with Gasteiger partial charge in [0.15, 0.2) is 5.82 Å². The van der Waals surface area contributed by atoms with Gasteiger partial charge in [-0.1, -0.05) is 6.07 Å². The molecule has 0 atom stereocenters. The summed E-state index contributed by atoms with van der Waals surface area (Å²) in [6.45, 7) is 5.73. The lowest BCUT2D eigenvalue weighted by atomic mass is 9.95. The van der Waals surface area contributed by atoms with Crippen LogP contribution in [0.1, 0.15) is 24.0 Å². The van der Waals surface area contributed by atoms with Crippen molar-refractivity contribution in [1.82, 2.24) is 15.2 Å². The maximum absolute atomic E-state index is 12.6. The van der Waals surface area contributed by atoms with Crippen molar-refractivity contribution in [3.63, 3.8) is 0 Å². The molecule has 6 nitrogen and oxygen atoms in total. The predicted octanol–water partition coefficient (Wildman–Crippen LogP) is 4.01. The van der Waals surface area contributed by atoms with Crippen molar-refractivity contribution in [2.24, 2.45) is 5.92 Å². The number of nitrogens with zero attached hydrogens (tertiary/aromatic N) is 4. The summed E-state index contributed by atoms with van der Waals surface area (Å²) in [5.41, 5.74) is 5.12. The SMILES string of the molecule is Cc1ccc(NC(=O)C2CCN(c3ccc(-c4ccncc4)nn3)CC2)cc1C. The number of aromatic nitrogens is 3. The number of amides is 1. The molecule has 4 rings (SSSR count). The molecule has 1 fully saturated rings. The molecular weight excluding hydrogens is 362 g/mol. The van der Waals surface area contributed by atoms with E-state index in [1.807, 2.05) is 42.5 Å². The molecular formula is C23H25N5O. The Kier molecular flexibility index (Phi) is 5.51. The number of aryl methyl sites for hydroxylation is 2. The molecule has 1 aromatic carbocycles. The van der Waals surface area contributed by atoms with Crippen LogP contribution in [-0.2, 0) is 4.79 Å². The fourth-order valence-corrected chi connectivity index (χ4v) is 3.60. The molecule has 2 aromatic heterocycles. The van der Waals surface area contributed by atoms with E-state index in [2.05, 4.69) is 39.2 Å². The first kappa shape index (κ1) is 19.1. The molecule has 0 bridgehead atoms. The minimum absolute atomic E-state index is 0.0249. The van der Waals surface area contributed by atoms with E-state index >= 15 is 0 Å². The minimum Gasteiger partial charge on any atom is -0.355 e. The molecule has 0 saturated carbocycles. The fraction of sp³-hybridized carbons (Fsp3) is 0.304. The summed E-state index contributed by atoms with van der Waals surface area (Å²) < 4.78 is 0. The van der Waals surface area contributed by atoms with Crippen LogP contribution in [0.3, 0.4) is 0 Å². The van der Waals surface area contributed by atoms with Crippen LogP contribution in [-0.4, -0.2) is 34.2 Å². The number of anilines is 2. The van der Waals surface area contributed by atoms with E-state index in [4.69, 9.17) is 0 Å². The molecule has 0 aliphatic carbocycles. The first-order valence-corrected chi connectivity index (χ1v) is 9.97. The van der Waals surface area contributed by atoms with Crippen molar-refractivity contribution < 1.29 is 4.79 Å². The molecule has 1 aliphatic heterocycles. The van der Waals surface area contributed by atoms with Crippen molar-refractivity contribution in [1.29, 1.82) is 0 Å². The number of benzene rings is 1. The van der Waals surface area contributed by atoms with Crippen LogP contribution in [0.2, 0.25) is 0 Å². The molecule has 1 amide bonds. The third-order valence-corrected chi connectivity index (χ3v) is 5.59. The van der Waals surface area contributed by atoms with E-state index < -0.39 is 0 Å². The van der Waals surface area contributed by atoms with Crippen LogP contribution < -0.4 is 10.2 Å². The fourth-order valence-electron chi connectivity index (χ4n) is 3.60. The molecule has 0 radical (unpaired) electrons. The Bertz CT molecular complexity index is 980. The molecule has 0 unspecified atom stereocenters. The Balaban J connectivity index is 1.34. The van der Waals surface area contributed by atoms with E-state index in [1.54, 1.807) is 12.4 Å². The topological polar surface area (TPSA) is 71.0 Å². The number of pyridine rings is 1. The van der Waals surface area contributed by atoms with Crippen LogP contribution in [0.15, 0.2) is 54.9 Å². The Labute approximate surface area is 171 Å². The lowest BCUT2D eigenvalue weighted by Gasteiger charge is -2.31. The Morgan fingerprint density at radius 1 is 0.966 bits per heavy atom. The normalized spacial score (nSPS) is 14.6. The Hall–Kier alpha value is -3.28. The summed E-state index contributed by atoms with van der Waals surface area (Å²) in [5.74, 6) is 0.986. The minimum atomic E-state index is 0.0249. The van der Waals surface area contributed by atoms with Gasteiger partial charge in [-0.25, -0.2) is 0 Å². The number of rotatable bonds is 4. The lowest BCUT2D eigenvalue weighted by molar-refractivity contribution is -0.120. The van der Waals surface area contributed by atoms with E-state index in [-0.39, 0.29) is 11.8 Å². The molecule has 1 N–H and O–H groups in total. The number of hydrogen-bond donors (Lipinski definition) is 1. The molecule has 29 heavy (non-hydrogen) atoms. The summed E-state index contributed by atoms with van der Waals surface area (Å²) >= 11 is 0. The first-order chi connectivity index (χ1) is 14.1. The van der Waals surface area contributed by atoms with Crippen molar-refractivity contribution in [3.8, 4) is 11.3 Å². The molecule has 1 saturated heterocycles. The number of hydrogen-bond acceptors (Lipinski definition) is 5. The summed E-state index contributed by atoms with van der Waals surface area (Å²) in [5, 5.41) is 11.8. The zero-order valence-electron chi connectivity index (χ0n) is 16.8. The number of carbonyl (C=O) groups is 1. The second-order valence-electron chi connectivity index (χ2n) is 7.56. The van der Waals surface area contributed by atoms with Crippen molar-refractivity contribution in [3.05, 3.63) is 66.0 Å². The van der Waals surface area contributed by atoms with Crippen LogP contribution in [0.25, 0.3) is 11.3 Å². The van der Waals surface area contributed by atoms with Gasteiger partial charge in [-0.15, -0.1) is 10.2 Å². The zero-order valence-corrected chi connectivity index (χ0v) is 16.8. The smallest absolute Gasteiger partial charge is 0.227 e. The number of nitrogens with one attached hydrogen (secondary N) is 1. The zero-order chi connectivity index (χ0) is 20.2. The van der Waals surface area contributed by atoms with Gasteiger partial charge in [-0.3, -0.25) is 9.78 Å². The van der Waals surface area contributed by atoms with Gasteiger partial charge in [0.2, 0.25) is 5.91 Å².